The molecular formula is C17H24N4O2S2. The highest BCUT2D eigenvalue weighted by atomic mass is 32.2. The van der Waals surface area contributed by atoms with Crippen molar-refractivity contribution >= 4 is 34.1 Å². The third kappa shape index (κ3) is 6.64. The van der Waals surface area contributed by atoms with Gasteiger partial charge < -0.3 is 15.0 Å². The zero-order chi connectivity index (χ0) is 18.1. The number of amides is 1. The fraction of sp³-hybridized carbons (Fsp3) is 0.471. The van der Waals surface area contributed by atoms with Crippen molar-refractivity contribution in [1.82, 2.24) is 15.1 Å². The summed E-state index contributed by atoms with van der Waals surface area (Å²) in [5.74, 6) is 0.463. The van der Waals surface area contributed by atoms with Gasteiger partial charge in [-0.3, -0.25) is 4.79 Å². The van der Waals surface area contributed by atoms with E-state index in [4.69, 9.17) is 4.74 Å². The van der Waals surface area contributed by atoms with Crippen LogP contribution >= 0.6 is 23.1 Å². The molecule has 25 heavy (non-hydrogen) atoms. The number of hydrogen-bond donors (Lipinski definition) is 1. The summed E-state index contributed by atoms with van der Waals surface area (Å²) >= 11 is 2.88. The SMILES string of the molecule is COCCNc1nnc(SCC(=O)N(Cc2ccccc2)C(C)C)s1. The van der Waals surface area contributed by atoms with E-state index in [2.05, 4.69) is 15.5 Å². The number of ether oxygens (including phenoxy) is 1. The molecule has 0 saturated carbocycles. The van der Waals surface area contributed by atoms with Crippen LogP contribution in [-0.2, 0) is 16.1 Å². The van der Waals surface area contributed by atoms with Gasteiger partial charge in [0, 0.05) is 26.2 Å². The maximum atomic E-state index is 12.6. The van der Waals surface area contributed by atoms with Gasteiger partial charge in [0.1, 0.15) is 0 Å². The highest BCUT2D eigenvalue weighted by Crippen LogP contribution is 2.26. The molecule has 1 N–H and O–H groups in total. The summed E-state index contributed by atoms with van der Waals surface area (Å²) in [7, 11) is 1.66. The molecule has 2 rings (SSSR count). The van der Waals surface area contributed by atoms with Crippen molar-refractivity contribution in [1.29, 1.82) is 0 Å². The summed E-state index contributed by atoms with van der Waals surface area (Å²) < 4.78 is 5.77. The minimum Gasteiger partial charge on any atom is -0.383 e. The fourth-order valence-corrected chi connectivity index (χ4v) is 3.81. The zero-order valence-corrected chi connectivity index (χ0v) is 16.4. The molecule has 1 amide bonds. The molecule has 1 aromatic heterocycles. The van der Waals surface area contributed by atoms with Crippen molar-refractivity contribution in [2.45, 2.75) is 30.8 Å². The van der Waals surface area contributed by atoms with Crippen molar-refractivity contribution in [2.75, 3.05) is 31.3 Å². The van der Waals surface area contributed by atoms with Gasteiger partial charge in [-0.2, -0.15) is 0 Å². The van der Waals surface area contributed by atoms with Gasteiger partial charge in [-0.25, -0.2) is 0 Å². The lowest BCUT2D eigenvalue weighted by Crippen LogP contribution is -2.37. The van der Waals surface area contributed by atoms with Crippen molar-refractivity contribution in [2.24, 2.45) is 0 Å². The largest absolute Gasteiger partial charge is 0.383 e. The monoisotopic (exact) mass is 380 g/mol. The Hall–Kier alpha value is -1.64. The standard InChI is InChI=1S/C17H24N4O2S2/c1-13(2)21(11-14-7-5-4-6-8-14)15(22)12-24-17-20-19-16(25-17)18-9-10-23-3/h4-8,13H,9-12H2,1-3H3,(H,18,19). The fourth-order valence-electron chi connectivity index (χ4n) is 2.14. The number of nitrogens with zero attached hydrogens (tertiary/aromatic N) is 3. The summed E-state index contributed by atoms with van der Waals surface area (Å²) in [6, 6.07) is 10.2. The number of carbonyl (C=O) groups is 1. The Labute approximate surface area is 157 Å². The Bertz CT molecular complexity index is 649. The number of hydrogen-bond acceptors (Lipinski definition) is 7. The van der Waals surface area contributed by atoms with Crippen molar-refractivity contribution in [3.05, 3.63) is 35.9 Å². The Morgan fingerprint density at radius 2 is 2.08 bits per heavy atom. The van der Waals surface area contributed by atoms with E-state index in [9.17, 15) is 4.79 Å². The van der Waals surface area contributed by atoms with Crippen LogP contribution in [0.5, 0.6) is 0 Å². The number of anilines is 1. The molecule has 0 spiro atoms. The average molecular weight is 381 g/mol. The molecule has 1 aromatic carbocycles. The van der Waals surface area contributed by atoms with Crippen LogP contribution in [0.3, 0.4) is 0 Å². The lowest BCUT2D eigenvalue weighted by Gasteiger charge is -2.26. The third-order valence-electron chi connectivity index (χ3n) is 3.45. The van der Waals surface area contributed by atoms with Gasteiger partial charge in [0.25, 0.3) is 0 Å². The highest BCUT2D eigenvalue weighted by molar-refractivity contribution is 8.01. The number of carbonyl (C=O) groups excluding carboxylic acids is 1. The predicted molar refractivity (Wildman–Crippen MR) is 103 cm³/mol. The number of benzene rings is 1. The van der Waals surface area contributed by atoms with Gasteiger partial charge in [-0.05, 0) is 19.4 Å². The summed E-state index contributed by atoms with van der Waals surface area (Å²) in [5.41, 5.74) is 1.13. The minimum atomic E-state index is 0.105. The van der Waals surface area contributed by atoms with E-state index in [1.165, 1.54) is 23.1 Å². The Kier molecular flexibility index (Phi) is 8.17. The van der Waals surface area contributed by atoms with Gasteiger partial charge in [-0.15, -0.1) is 10.2 Å². The summed E-state index contributed by atoms with van der Waals surface area (Å²) in [5, 5.41) is 12.1. The van der Waals surface area contributed by atoms with Crippen LogP contribution in [0.1, 0.15) is 19.4 Å². The summed E-state index contributed by atoms with van der Waals surface area (Å²) in [6.45, 7) is 6.00. The summed E-state index contributed by atoms with van der Waals surface area (Å²) in [6.07, 6.45) is 0. The molecule has 136 valence electrons. The molecular weight excluding hydrogens is 356 g/mol. The van der Waals surface area contributed by atoms with E-state index in [1.807, 2.05) is 49.1 Å². The van der Waals surface area contributed by atoms with E-state index in [1.54, 1.807) is 7.11 Å². The van der Waals surface area contributed by atoms with Crippen LogP contribution in [0.15, 0.2) is 34.7 Å². The molecule has 1 heterocycles. The van der Waals surface area contributed by atoms with E-state index in [0.29, 0.717) is 25.4 Å². The van der Waals surface area contributed by atoms with E-state index in [0.717, 1.165) is 15.0 Å². The number of aromatic nitrogens is 2. The highest BCUT2D eigenvalue weighted by Gasteiger charge is 2.18. The number of rotatable bonds is 10. The molecule has 0 aliphatic carbocycles. The predicted octanol–water partition coefficient (Wildman–Crippen LogP) is 3.13. The van der Waals surface area contributed by atoms with Gasteiger partial charge >= 0.3 is 0 Å². The topological polar surface area (TPSA) is 67.3 Å². The first-order valence-electron chi connectivity index (χ1n) is 8.12. The van der Waals surface area contributed by atoms with Gasteiger partial charge in [0.15, 0.2) is 4.34 Å². The molecule has 0 aliphatic heterocycles. The van der Waals surface area contributed by atoms with Crippen LogP contribution in [-0.4, -0.2) is 53.1 Å². The molecule has 0 radical (unpaired) electrons. The maximum Gasteiger partial charge on any atom is 0.233 e. The lowest BCUT2D eigenvalue weighted by atomic mass is 10.2. The maximum absolute atomic E-state index is 12.6. The second-order valence-electron chi connectivity index (χ2n) is 5.68. The average Bonchev–Trinajstić information content (AvgIpc) is 3.06. The first kappa shape index (κ1) is 19.7. The van der Waals surface area contributed by atoms with E-state index >= 15 is 0 Å². The second kappa shape index (κ2) is 10.4. The van der Waals surface area contributed by atoms with Crippen molar-refractivity contribution in [3.8, 4) is 0 Å². The van der Waals surface area contributed by atoms with Crippen molar-refractivity contribution in [3.63, 3.8) is 0 Å². The molecule has 8 heteroatoms. The molecule has 0 saturated heterocycles. The lowest BCUT2D eigenvalue weighted by molar-refractivity contribution is -0.130. The van der Waals surface area contributed by atoms with Gasteiger partial charge in [-0.1, -0.05) is 53.4 Å². The van der Waals surface area contributed by atoms with E-state index in [-0.39, 0.29) is 11.9 Å². The van der Waals surface area contributed by atoms with Crippen LogP contribution in [0, 0.1) is 0 Å². The van der Waals surface area contributed by atoms with Gasteiger partial charge in [0.2, 0.25) is 11.0 Å². The third-order valence-corrected chi connectivity index (χ3v) is 5.45. The minimum absolute atomic E-state index is 0.105. The van der Waals surface area contributed by atoms with Crippen LogP contribution in [0.2, 0.25) is 0 Å². The van der Waals surface area contributed by atoms with Crippen LogP contribution < -0.4 is 5.32 Å². The normalized spacial score (nSPS) is 10.9. The van der Waals surface area contributed by atoms with Crippen LogP contribution in [0.25, 0.3) is 0 Å². The Morgan fingerprint density at radius 1 is 1.32 bits per heavy atom. The first-order chi connectivity index (χ1) is 12.1. The zero-order valence-electron chi connectivity index (χ0n) is 14.8. The van der Waals surface area contributed by atoms with Crippen molar-refractivity contribution < 1.29 is 9.53 Å². The van der Waals surface area contributed by atoms with Gasteiger partial charge in [0.05, 0.1) is 12.4 Å². The smallest absolute Gasteiger partial charge is 0.233 e. The Morgan fingerprint density at radius 3 is 2.76 bits per heavy atom. The number of thioether (sulfide) groups is 1. The molecule has 0 bridgehead atoms. The molecule has 0 atom stereocenters. The number of nitrogens with one attached hydrogen (secondary N) is 1. The second-order valence-corrected chi connectivity index (χ2v) is 7.88. The van der Waals surface area contributed by atoms with Crippen LogP contribution in [0.4, 0.5) is 5.13 Å². The number of methoxy groups -OCH3 is 1. The molecule has 0 aliphatic rings. The summed E-state index contributed by atoms with van der Waals surface area (Å²) in [4.78, 5) is 14.5. The molecule has 0 unspecified atom stereocenters. The quantitative estimate of drug-likeness (QED) is 0.505. The molecule has 2 aromatic rings. The van der Waals surface area contributed by atoms with E-state index < -0.39 is 0 Å². The first-order valence-corrected chi connectivity index (χ1v) is 9.93. The Balaban J connectivity index is 1.86. The molecule has 0 fully saturated rings. The molecule has 6 nitrogen and oxygen atoms in total.